The van der Waals surface area contributed by atoms with Crippen molar-refractivity contribution in [2.45, 2.75) is 0 Å². The van der Waals surface area contributed by atoms with Gasteiger partial charge in [0.2, 0.25) is 0 Å². The summed E-state index contributed by atoms with van der Waals surface area (Å²) in [4.78, 5) is 0.391. The fourth-order valence-electron chi connectivity index (χ4n) is 1.26. The van der Waals surface area contributed by atoms with Gasteiger partial charge in [0, 0.05) is 22.4 Å². The van der Waals surface area contributed by atoms with E-state index in [9.17, 15) is 0 Å². The van der Waals surface area contributed by atoms with Crippen molar-refractivity contribution in [2.24, 2.45) is 5.73 Å². The molecule has 2 aromatic rings. The van der Waals surface area contributed by atoms with E-state index in [1.165, 1.54) is 0 Å². The smallest absolute Gasteiger partial charge is 0.104 e. The van der Waals surface area contributed by atoms with Gasteiger partial charge < -0.3 is 5.73 Å². The van der Waals surface area contributed by atoms with Gasteiger partial charge >= 0.3 is 0 Å². The van der Waals surface area contributed by atoms with Crippen LogP contribution in [0.2, 0.25) is 0 Å². The van der Waals surface area contributed by atoms with E-state index in [0.717, 1.165) is 15.7 Å². The molecule has 15 heavy (non-hydrogen) atoms. The van der Waals surface area contributed by atoms with Crippen molar-refractivity contribution in [3.63, 3.8) is 0 Å². The Kier molecular flexibility index (Phi) is 2.83. The Morgan fingerprint density at radius 1 is 1.47 bits per heavy atom. The maximum Gasteiger partial charge on any atom is 0.104 e. The number of aromatic nitrogens is 2. The standard InChI is InChI=1S/C10H8BrN3S/c11-8-6-7(10(12)15)2-3-9(8)14-5-1-4-13-14/h1-6H,(H2,12,15). The molecule has 5 heteroatoms. The zero-order valence-electron chi connectivity index (χ0n) is 7.72. The molecule has 0 saturated heterocycles. The van der Waals surface area contributed by atoms with Gasteiger partial charge in [-0.05, 0) is 40.2 Å². The third kappa shape index (κ3) is 2.08. The molecule has 0 spiro atoms. The molecule has 0 aliphatic heterocycles. The number of rotatable bonds is 2. The molecule has 76 valence electrons. The second-order valence-corrected chi connectivity index (χ2v) is 4.28. The third-order valence-corrected chi connectivity index (χ3v) is 2.85. The first-order valence-electron chi connectivity index (χ1n) is 4.28. The van der Waals surface area contributed by atoms with Crippen LogP contribution in [0.3, 0.4) is 0 Å². The van der Waals surface area contributed by atoms with Crippen molar-refractivity contribution in [3.05, 3.63) is 46.7 Å². The lowest BCUT2D eigenvalue weighted by atomic mass is 10.2. The monoisotopic (exact) mass is 281 g/mol. The predicted octanol–water partition coefficient (Wildman–Crippen LogP) is 2.27. The van der Waals surface area contributed by atoms with Crippen LogP contribution in [0.25, 0.3) is 5.69 Å². The van der Waals surface area contributed by atoms with Gasteiger partial charge in [0.1, 0.15) is 4.99 Å². The summed E-state index contributed by atoms with van der Waals surface area (Å²) in [5, 5.41) is 4.14. The highest BCUT2D eigenvalue weighted by Gasteiger charge is 2.04. The number of thiocarbonyl (C=S) groups is 1. The molecule has 0 unspecified atom stereocenters. The van der Waals surface area contributed by atoms with Gasteiger partial charge in [-0.3, -0.25) is 0 Å². The van der Waals surface area contributed by atoms with Gasteiger partial charge in [0.15, 0.2) is 0 Å². The summed E-state index contributed by atoms with van der Waals surface area (Å²) >= 11 is 8.36. The van der Waals surface area contributed by atoms with Crippen LogP contribution in [-0.2, 0) is 0 Å². The Balaban J connectivity index is 2.48. The zero-order valence-corrected chi connectivity index (χ0v) is 10.1. The van der Waals surface area contributed by atoms with Crippen molar-refractivity contribution < 1.29 is 0 Å². The van der Waals surface area contributed by atoms with Crippen LogP contribution < -0.4 is 5.73 Å². The van der Waals surface area contributed by atoms with E-state index in [2.05, 4.69) is 21.0 Å². The molecule has 3 nitrogen and oxygen atoms in total. The first-order chi connectivity index (χ1) is 7.18. The van der Waals surface area contributed by atoms with Gasteiger partial charge in [-0.25, -0.2) is 4.68 Å². The topological polar surface area (TPSA) is 43.8 Å². The number of benzene rings is 1. The molecule has 0 bridgehead atoms. The van der Waals surface area contributed by atoms with E-state index in [1.807, 2.05) is 30.5 Å². The van der Waals surface area contributed by atoms with Gasteiger partial charge in [0.25, 0.3) is 0 Å². The van der Waals surface area contributed by atoms with E-state index in [4.69, 9.17) is 18.0 Å². The molecule has 2 rings (SSSR count). The normalized spacial score (nSPS) is 10.2. The molecule has 0 fully saturated rings. The van der Waals surface area contributed by atoms with Crippen molar-refractivity contribution in [3.8, 4) is 5.69 Å². The van der Waals surface area contributed by atoms with Crippen molar-refractivity contribution >= 4 is 33.1 Å². The largest absolute Gasteiger partial charge is 0.389 e. The highest BCUT2D eigenvalue weighted by atomic mass is 79.9. The minimum absolute atomic E-state index is 0.391. The highest BCUT2D eigenvalue weighted by Crippen LogP contribution is 2.21. The summed E-state index contributed by atoms with van der Waals surface area (Å²) in [6.07, 6.45) is 3.61. The van der Waals surface area contributed by atoms with E-state index >= 15 is 0 Å². The lowest BCUT2D eigenvalue weighted by molar-refractivity contribution is 0.876. The molecule has 1 aromatic heterocycles. The van der Waals surface area contributed by atoms with Crippen LogP contribution in [0.5, 0.6) is 0 Å². The summed E-state index contributed by atoms with van der Waals surface area (Å²) in [6, 6.07) is 7.56. The summed E-state index contributed by atoms with van der Waals surface area (Å²) in [5.74, 6) is 0. The molecular weight excluding hydrogens is 274 g/mol. The molecule has 0 aliphatic carbocycles. The van der Waals surface area contributed by atoms with Gasteiger partial charge in [-0.1, -0.05) is 12.2 Å². The summed E-state index contributed by atoms with van der Waals surface area (Å²) < 4.78 is 2.68. The Labute approximate surface area is 101 Å². The summed E-state index contributed by atoms with van der Waals surface area (Å²) in [6.45, 7) is 0. The van der Waals surface area contributed by atoms with E-state index < -0.39 is 0 Å². The van der Waals surface area contributed by atoms with Crippen molar-refractivity contribution in [2.75, 3.05) is 0 Å². The van der Waals surface area contributed by atoms with Crippen molar-refractivity contribution in [1.82, 2.24) is 9.78 Å². The second kappa shape index (κ2) is 4.12. The Bertz CT molecular complexity index is 493. The predicted molar refractivity (Wildman–Crippen MR) is 67.2 cm³/mol. The average molecular weight is 282 g/mol. The number of nitrogens with zero attached hydrogens (tertiary/aromatic N) is 2. The molecule has 0 radical (unpaired) electrons. The maximum atomic E-state index is 5.54. The molecular formula is C10H8BrN3S. The molecule has 0 atom stereocenters. The third-order valence-electron chi connectivity index (χ3n) is 1.98. The summed E-state index contributed by atoms with van der Waals surface area (Å²) in [5.41, 5.74) is 7.34. The minimum atomic E-state index is 0.391. The number of hydrogen-bond donors (Lipinski definition) is 1. The van der Waals surface area contributed by atoms with Gasteiger partial charge in [0.05, 0.1) is 5.69 Å². The first-order valence-corrected chi connectivity index (χ1v) is 5.48. The van der Waals surface area contributed by atoms with Crippen LogP contribution in [0.4, 0.5) is 0 Å². The highest BCUT2D eigenvalue weighted by molar-refractivity contribution is 9.10. The fourth-order valence-corrected chi connectivity index (χ4v) is 1.94. The van der Waals surface area contributed by atoms with Gasteiger partial charge in [-0.15, -0.1) is 0 Å². The van der Waals surface area contributed by atoms with E-state index in [0.29, 0.717) is 4.99 Å². The average Bonchev–Trinajstić information content (AvgIpc) is 2.70. The first kappa shape index (κ1) is 10.3. The Hall–Kier alpha value is -1.20. The quantitative estimate of drug-likeness (QED) is 0.859. The lowest BCUT2D eigenvalue weighted by Crippen LogP contribution is -2.09. The Morgan fingerprint density at radius 2 is 2.27 bits per heavy atom. The minimum Gasteiger partial charge on any atom is -0.389 e. The maximum absolute atomic E-state index is 5.54. The number of halogens is 1. The Morgan fingerprint density at radius 3 is 2.80 bits per heavy atom. The molecule has 0 amide bonds. The molecule has 2 N–H and O–H groups in total. The molecule has 0 saturated carbocycles. The lowest BCUT2D eigenvalue weighted by Gasteiger charge is -2.06. The molecule has 0 aliphatic rings. The van der Waals surface area contributed by atoms with Crippen LogP contribution in [0, 0.1) is 0 Å². The second-order valence-electron chi connectivity index (χ2n) is 2.98. The number of hydrogen-bond acceptors (Lipinski definition) is 2. The number of nitrogens with two attached hydrogens (primary N) is 1. The van der Waals surface area contributed by atoms with Crippen molar-refractivity contribution in [1.29, 1.82) is 0 Å². The van der Waals surface area contributed by atoms with Crippen LogP contribution in [0.15, 0.2) is 41.1 Å². The molecule has 1 heterocycles. The van der Waals surface area contributed by atoms with E-state index in [1.54, 1.807) is 10.9 Å². The van der Waals surface area contributed by atoms with Crippen LogP contribution in [0.1, 0.15) is 5.56 Å². The fraction of sp³-hybridized carbons (Fsp3) is 0. The summed E-state index contributed by atoms with van der Waals surface area (Å²) in [7, 11) is 0. The van der Waals surface area contributed by atoms with E-state index in [-0.39, 0.29) is 0 Å². The SMILES string of the molecule is NC(=S)c1ccc(-n2cccn2)c(Br)c1. The molecule has 1 aromatic carbocycles. The zero-order chi connectivity index (χ0) is 10.8. The van der Waals surface area contributed by atoms with Crippen LogP contribution >= 0.6 is 28.1 Å². The van der Waals surface area contributed by atoms with Gasteiger partial charge in [-0.2, -0.15) is 5.10 Å². The van der Waals surface area contributed by atoms with Crippen LogP contribution in [-0.4, -0.2) is 14.8 Å².